The van der Waals surface area contributed by atoms with Gasteiger partial charge in [0.05, 0.1) is 13.1 Å². The highest BCUT2D eigenvalue weighted by molar-refractivity contribution is 5.33. The van der Waals surface area contributed by atoms with E-state index in [1.54, 1.807) is 11.1 Å². The molecule has 0 radical (unpaired) electrons. The predicted molar refractivity (Wildman–Crippen MR) is 64.3 cm³/mol. The number of hydrogen-bond acceptors (Lipinski definition) is 0. The lowest BCUT2D eigenvalue weighted by Crippen LogP contribution is -3.13. The Kier molecular flexibility index (Phi) is 2.70. The number of benzene rings is 1. The van der Waals surface area contributed by atoms with Crippen molar-refractivity contribution in [2.75, 3.05) is 19.6 Å². The van der Waals surface area contributed by atoms with Gasteiger partial charge in [-0.3, -0.25) is 0 Å². The van der Waals surface area contributed by atoms with Crippen LogP contribution in [0.2, 0.25) is 0 Å². The molecule has 0 aromatic heterocycles. The van der Waals surface area contributed by atoms with E-state index in [4.69, 9.17) is 0 Å². The standard InChI is InChI=1S/C14H20N2/c1-11-4-5-13-12(8-11)9-15-10-14(13)16-6-2-3-7-16/h4-5,8,14-15H,2-3,6-7,9-10H2,1H3/p+2/t14-/m1/s1. The highest BCUT2D eigenvalue weighted by Crippen LogP contribution is 2.19. The van der Waals surface area contributed by atoms with Gasteiger partial charge < -0.3 is 10.2 Å². The summed E-state index contributed by atoms with van der Waals surface area (Å²) in [7, 11) is 0. The maximum absolute atomic E-state index is 2.48. The molecule has 0 spiro atoms. The predicted octanol–water partition coefficient (Wildman–Crippen LogP) is -0.208. The van der Waals surface area contributed by atoms with Crippen LogP contribution in [0.4, 0.5) is 0 Å². The molecule has 3 N–H and O–H groups in total. The Labute approximate surface area is 97.6 Å². The summed E-state index contributed by atoms with van der Waals surface area (Å²) in [5, 5.41) is 2.48. The minimum absolute atomic E-state index is 0.756. The molecule has 0 saturated carbocycles. The van der Waals surface area contributed by atoms with Gasteiger partial charge in [0, 0.05) is 24.0 Å². The van der Waals surface area contributed by atoms with Gasteiger partial charge in [0.2, 0.25) is 0 Å². The number of nitrogens with one attached hydrogen (secondary N) is 1. The van der Waals surface area contributed by atoms with Crippen molar-refractivity contribution in [1.82, 2.24) is 0 Å². The van der Waals surface area contributed by atoms with Crippen molar-refractivity contribution in [3.8, 4) is 0 Å². The first-order valence-corrected chi connectivity index (χ1v) is 6.60. The minimum atomic E-state index is 0.756. The maximum atomic E-state index is 2.48. The fourth-order valence-electron chi connectivity index (χ4n) is 3.35. The fraction of sp³-hybridized carbons (Fsp3) is 0.571. The Hall–Kier alpha value is -0.860. The molecule has 1 fully saturated rings. The van der Waals surface area contributed by atoms with Crippen molar-refractivity contribution in [3.63, 3.8) is 0 Å². The van der Waals surface area contributed by atoms with Crippen LogP contribution < -0.4 is 10.2 Å². The van der Waals surface area contributed by atoms with E-state index in [0.717, 1.165) is 6.04 Å². The van der Waals surface area contributed by atoms with Gasteiger partial charge in [-0.2, -0.15) is 0 Å². The van der Waals surface area contributed by atoms with Gasteiger partial charge in [0.25, 0.3) is 0 Å². The van der Waals surface area contributed by atoms with E-state index in [1.165, 1.54) is 44.6 Å². The molecular weight excluding hydrogens is 196 g/mol. The Morgan fingerprint density at radius 3 is 2.88 bits per heavy atom. The largest absolute Gasteiger partial charge is 0.337 e. The van der Waals surface area contributed by atoms with Crippen molar-refractivity contribution in [2.24, 2.45) is 0 Å². The van der Waals surface area contributed by atoms with E-state index in [1.807, 2.05) is 4.90 Å². The first-order valence-electron chi connectivity index (χ1n) is 6.60. The van der Waals surface area contributed by atoms with Crippen LogP contribution in [0, 0.1) is 6.92 Å². The zero-order chi connectivity index (χ0) is 11.0. The average molecular weight is 218 g/mol. The summed E-state index contributed by atoms with van der Waals surface area (Å²) in [6, 6.07) is 7.81. The first-order chi connectivity index (χ1) is 7.84. The first kappa shape index (κ1) is 10.3. The third-order valence-corrected chi connectivity index (χ3v) is 4.18. The van der Waals surface area contributed by atoms with Crippen molar-refractivity contribution < 1.29 is 10.2 Å². The molecule has 2 heterocycles. The zero-order valence-corrected chi connectivity index (χ0v) is 10.1. The Bertz CT molecular complexity index is 380. The summed E-state index contributed by atoms with van der Waals surface area (Å²) in [5.41, 5.74) is 4.62. The van der Waals surface area contributed by atoms with E-state index in [-0.39, 0.29) is 0 Å². The van der Waals surface area contributed by atoms with Crippen LogP contribution in [-0.4, -0.2) is 19.6 Å². The molecule has 1 aromatic rings. The van der Waals surface area contributed by atoms with Crippen LogP contribution in [0.15, 0.2) is 18.2 Å². The van der Waals surface area contributed by atoms with Gasteiger partial charge in [-0.05, 0) is 13.0 Å². The van der Waals surface area contributed by atoms with Gasteiger partial charge in [-0.25, -0.2) is 0 Å². The topological polar surface area (TPSA) is 21.1 Å². The summed E-state index contributed by atoms with van der Waals surface area (Å²) < 4.78 is 0. The van der Waals surface area contributed by atoms with Crippen molar-refractivity contribution in [2.45, 2.75) is 32.4 Å². The van der Waals surface area contributed by atoms with Crippen molar-refractivity contribution in [3.05, 3.63) is 34.9 Å². The summed E-state index contributed by atoms with van der Waals surface area (Å²) in [4.78, 5) is 1.82. The molecule has 1 atom stereocenters. The van der Waals surface area contributed by atoms with Gasteiger partial charge >= 0.3 is 0 Å². The smallest absolute Gasteiger partial charge is 0.163 e. The number of nitrogens with two attached hydrogens (primary N) is 1. The average Bonchev–Trinajstić information content (AvgIpc) is 2.81. The molecule has 86 valence electrons. The van der Waals surface area contributed by atoms with Crippen LogP contribution >= 0.6 is 0 Å². The molecule has 0 aliphatic carbocycles. The normalized spacial score (nSPS) is 25.7. The molecule has 1 aromatic carbocycles. The lowest BCUT2D eigenvalue weighted by molar-refractivity contribution is -0.937. The molecular formula is C14H22N2+2. The number of fused-ring (bicyclic) bond motifs is 1. The van der Waals surface area contributed by atoms with Gasteiger partial charge in [0.15, 0.2) is 6.04 Å². The van der Waals surface area contributed by atoms with Gasteiger partial charge in [-0.1, -0.05) is 17.7 Å². The molecule has 2 aliphatic heterocycles. The zero-order valence-electron chi connectivity index (χ0n) is 10.1. The highest BCUT2D eigenvalue weighted by Gasteiger charge is 2.33. The monoisotopic (exact) mass is 218 g/mol. The highest BCUT2D eigenvalue weighted by atomic mass is 15.2. The minimum Gasteiger partial charge on any atom is -0.337 e. The Morgan fingerprint density at radius 2 is 2.06 bits per heavy atom. The molecule has 0 unspecified atom stereocenters. The van der Waals surface area contributed by atoms with Crippen LogP contribution in [0.5, 0.6) is 0 Å². The summed E-state index contributed by atoms with van der Waals surface area (Å²) >= 11 is 0. The Balaban J connectivity index is 1.93. The second-order valence-electron chi connectivity index (χ2n) is 5.35. The van der Waals surface area contributed by atoms with Gasteiger partial charge in [-0.15, -0.1) is 0 Å². The number of aryl methyl sites for hydroxylation is 1. The molecule has 0 amide bonds. The third kappa shape index (κ3) is 1.76. The molecule has 2 aliphatic rings. The molecule has 0 bridgehead atoms. The number of quaternary nitrogens is 2. The second kappa shape index (κ2) is 4.19. The van der Waals surface area contributed by atoms with Gasteiger partial charge in [0.1, 0.15) is 13.1 Å². The summed E-state index contributed by atoms with van der Waals surface area (Å²) in [5.74, 6) is 0. The van der Waals surface area contributed by atoms with Crippen LogP contribution in [0.3, 0.4) is 0 Å². The van der Waals surface area contributed by atoms with E-state index in [9.17, 15) is 0 Å². The fourth-order valence-corrected chi connectivity index (χ4v) is 3.35. The Morgan fingerprint density at radius 1 is 1.25 bits per heavy atom. The molecule has 1 saturated heterocycles. The maximum Gasteiger partial charge on any atom is 0.163 e. The SMILES string of the molecule is Cc1ccc2c(c1)C[NH2+]C[C@H]2[NH+]1CCCC1. The van der Waals surface area contributed by atoms with Crippen LogP contribution in [-0.2, 0) is 6.54 Å². The summed E-state index contributed by atoms with van der Waals surface area (Å²) in [6.45, 7) is 7.43. The van der Waals surface area contributed by atoms with E-state index in [0.29, 0.717) is 0 Å². The third-order valence-electron chi connectivity index (χ3n) is 4.18. The lowest BCUT2D eigenvalue weighted by Gasteiger charge is -2.28. The van der Waals surface area contributed by atoms with E-state index < -0.39 is 0 Å². The van der Waals surface area contributed by atoms with Crippen molar-refractivity contribution >= 4 is 0 Å². The molecule has 16 heavy (non-hydrogen) atoms. The quantitative estimate of drug-likeness (QED) is 0.651. The van der Waals surface area contributed by atoms with Crippen LogP contribution in [0.25, 0.3) is 0 Å². The number of hydrogen-bond donors (Lipinski definition) is 2. The second-order valence-corrected chi connectivity index (χ2v) is 5.35. The molecule has 2 heteroatoms. The van der Waals surface area contributed by atoms with E-state index >= 15 is 0 Å². The summed E-state index contributed by atoms with van der Waals surface area (Å²) in [6.07, 6.45) is 2.85. The van der Waals surface area contributed by atoms with E-state index in [2.05, 4.69) is 30.4 Å². The number of likely N-dealkylation sites (tertiary alicyclic amines) is 1. The van der Waals surface area contributed by atoms with Crippen LogP contribution in [0.1, 0.15) is 35.6 Å². The molecule has 3 rings (SSSR count). The van der Waals surface area contributed by atoms with Crippen molar-refractivity contribution in [1.29, 1.82) is 0 Å². The lowest BCUT2D eigenvalue weighted by atomic mass is 9.94. The molecule has 2 nitrogen and oxygen atoms in total. The number of rotatable bonds is 1.